The van der Waals surface area contributed by atoms with Crippen LogP contribution in [0, 0.1) is 0 Å². The molecule has 0 aliphatic carbocycles. The van der Waals surface area contributed by atoms with Gasteiger partial charge < -0.3 is 10.3 Å². The second kappa shape index (κ2) is 5.50. The summed E-state index contributed by atoms with van der Waals surface area (Å²) in [6.07, 6.45) is 6.31. The third-order valence-corrected chi connectivity index (χ3v) is 2.69. The largest absolute Gasteiger partial charge is 0.354 e. The molecular weight excluding hydrogens is 222 g/mol. The smallest absolute Gasteiger partial charge is 0.223 e. The maximum Gasteiger partial charge on any atom is 0.223 e. The van der Waals surface area contributed by atoms with Gasteiger partial charge in [-0.2, -0.15) is 0 Å². The maximum absolute atomic E-state index is 4.37. The second-order valence-corrected chi connectivity index (χ2v) is 4.15. The molecule has 2 heterocycles. The Balaban J connectivity index is 2.04. The summed E-state index contributed by atoms with van der Waals surface area (Å²) >= 11 is 1.48. The average molecular weight is 235 g/mol. The van der Waals surface area contributed by atoms with Crippen molar-refractivity contribution in [3.63, 3.8) is 0 Å². The molecule has 6 heteroatoms. The molecule has 0 amide bonds. The zero-order chi connectivity index (χ0) is 11.2. The van der Waals surface area contributed by atoms with E-state index in [0.717, 1.165) is 23.1 Å². The van der Waals surface area contributed by atoms with Gasteiger partial charge in [0, 0.05) is 25.1 Å². The van der Waals surface area contributed by atoms with Crippen LogP contribution in [0.15, 0.2) is 34.8 Å². The fourth-order valence-corrected chi connectivity index (χ4v) is 1.83. The standard InChI is InChI=1S/C10H13N5S/c1-2-4-11-9-12-5-3-8(15-9)16-10-13-6-7-14-10/h3,5-7H,2,4H2,1H3,(H,13,14)(H,11,12,15). The Hall–Kier alpha value is -1.56. The van der Waals surface area contributed by atoms with Gasteiger partial charge in [-0.15, -0.1) is 0 Å². The Bertz CT molecular complexity index is 429. The van der Waals surface area contributed by atoms with Crippen molar-refractivity contribution in [1.82, 2.24) is 19.9 Å². The van der Waals surface area contributed by atoms with Crippen LogP contribution < -0.4 is 5.32 Å². The summed E-state index contributed by atoms with van der Waals surface area (Å²) in [5.41, 5.74) is 0. The number of anilines is 1. The summed E-state index contributed by atoms with van der Waals surface area (Å²) in [5.74, 6) is 0.665. The van der Waals surface area contributed by atoms with Gasteiger partial charge in [0.2, 0.25) is 5.95 Å². The van der Waals surface area contributed by atoms with E-state index in [1.165, 1.54) is 11.8 Å². The number of H-pyrrole nitrogens is 1. The van der Waals surface area contributed by atoms with Crippen molar-refractivity contribution in [2.45, 2.75) is 23.5 Å². The first-order chi connectivity index (χ1) is 7.88. The second-order valence-electron chi connectivity index (χ2n) is 3.14. The highest BCUT2D eigenvalue weighted by molar-refractivity contribution is 7.99. The lowest BCUT2D eigenvalue weighted by Gasteiger charge is -2.03. The lowest BCUT2D eigenvalue weighted by atomic mass is 10.5. The van der Waals surface area contributed by atoms with Crippen LogP contribution in [-0.4, -0.2) is 26.5 Å². The molecule has 16 heavy (non-hydrogen) atoms. The number of hydrogen-bond acceptors (Lipinski definition) is 5. The molecule has 2 N–H and O–H groups in total. The molecule has 0 fully saturated rings. The number of hydrogen-bond donors (Lipinski definition) is 2. The monoisotopic (exact) mass is 235 g/mol. The van der Waals surface area contributed by atoms with Crippen LogP contribution in [-0.2, 0) is 0 Å². The Morgan fingerprint density at radius 2 is 2.31 bits per heavy atom. The number of nitrogens with one attached hydrogen (secondary N) is 2. The van der Waals surface area contributed by atoms with Gasteiger partial charge >= 0.3 is 0 Å². The normalized spacial score (nSPS) is 10.3. The van der Waals surface area contributed by atoms with Crippen LogP contribution in [0.25, 0.3) is 0 Å². The lowest BCUT2D eigenvalue weighted by Crippen LogP contribution is -2.04. The summed E-state index contributed by atoms with van der Waals surface area (Å²) < 4.78 is 0. The first-order valence-electron chi connectivity index (χ1n) is 5.12. The molecule has 84 valence electrons. The first kappa shape index (κ1) is 10.9. The summed E-state index contributed by atoms with van der Waals surface area (Å²) in [6.45, 7) is 2.99. The van der Waals surface area contributed by atoms with Crippen LogP contribution in [0.1, 0.15) is 13.3 Å². The molecule has 0 bridgehead atoms. The predicted molar refractivity (Wildman–Crippen MR) is 63.5 cm³/mol. The van der Waals surface area contributed by atoms with Crippen LogP contribution in [0.3, 0.4) is 0 Å². The van der Waals surface area contributed by atoms with Gasteiger partial charge in [-0.1, -0.05) is 6.92 Å². The third kappa shape index (κ3) is 2.96. The van der Waals surface area contributed by atoms with Crippen molar-refractivity contribution < 1.29 is 0 Å². The van der Waals surface area contributed by atoms with E-state index in [-0.39, 0.29) is 0 Å². The van der Waals surface area contributed by atoms with Gasteiger partial charge in [0.25, 0.3) is 0 Å². The molecule has 0 unspecified atom stereocenters. The molecule has 0 atom stereocenters. The van der Waals surface area contributed by atoms with Crippen molar-refractivity contribution in [3.8, 4) is 0 Å². The fourth-order valence-electron chi connectivity index (χ4n) is 1.13. The molecular formula is C10H13N5S. The lowest BCUT2D eigenvalue weighted by molar-refractivity contribution is 0.933. The van der Waals surface area contributed by atoms with Crippen LogP contribution >= 0.6 is 11.8 Å². The molecule has 0 aliphatic heterocycles. The van der Waals surface area contributed by atoms with E-state index in [2.05, 4.69) is 32.2 Å². The van der Waals surface area contributed by atoms with E-state index in [0.29, 0.717) is 5.95 Å². The summed E-state index contributed by atoms with van der Waals surface area (Å²) in [7, 11) is 0. The Labute approximate surface area is 98.1 Å². The highest BCUT2D eigenvalue weighted by Gasteiger charge is 2.02. The molecule has 0 saturated carbocycles. The highest BCUT2D eigenvalue weighted by atomic mass is 32.2. The number of imidazole rings is 1. The minimum atomic E-state index is 0.665. The summed E-state index contributed by atoms with van der Waals surface area (Å²) in [5, 5.41) is 4.86. The molecule has 2 aromatic rings. The predicted octanol–water partition coefficient (Wildman–Crippen LogP) is 2.17. The van der Waals surface area contributed by atoms with Gasteiger partial charge in [-0.05, 0) is 24.2 Å². The molecule has 0 radical (unpaired) electrons. The molecule has 0 aliphatic rings. The Morgan fingerprint density at radius 3 is 3.06 bits per heavy atom. The highest BCUT2D eigenvalue weighted by Crippen LogP contribution is 2.22. The zero-order valence-corrected chi connectivity index (χ0v) is 9.79. The van der Waals surface area contributed by atoms with Crippen molar-refractivity contribution in [2.24, 2.45) is 0 Å². The SMILES string of the molecule is CCCNc1nccc(Sc2ncc[nH]2)n1. The minimum Gasteiger partial charge on any atom is -0.354 e. The summed E-state index contributed by atoms with van der Waals surface area (Å²) in [4.78, 5) is 15.7. The van der Waals surface area contributed by atoms with Gasteiger partial charge in [0.05, 0.1) is 0 Å². The molecule has 2 aromatic heterocycles. The zero-order valence-electron chi connectivity index (χ0n) is 8.97. The Kier molecular flexibility index (Phi) is 3.76. The van der Waals surface area contributed by atoms with E-state index in [9.17, 15) is 0 Å². The number of aromatic nitrogens is 4. The Morgan fingerprint density at radius 1 is 1.38 bits per heavy atom. The van der Waals surface area contributed by atoms with Crippen molar-refractivity contribution in [2.75, 3.05) is 11.9 Å². The van der Waals surface area contributed by atoms with E-state index in [1.54, 1.807) is 18.6 Å². The van der Waals surface area contributed by atoms with Crippen molar-refractivity contribution >= 4 is 17.7 Å². The molecule has 0 saturated heterocycles. The van der Waals surface area contributed by atoms with Crippen LogP contribution in [0.5, 0.6) is 0 Å². The van der Waals surface area contributed by atoms with Crippen LogP contribution in [0.2, 0.25) is 0 Å². The van der Waals surface area contributed by atoms with Crippen LogP contribution in [0.4, 0.5) is 5.95 Å². The molecule has 0 aromatic carbocycles. The average Bonchev–Trinajstić information content (AvgIpc) is 2.80. The third-order valence-electron chi connectivity index (χ3n) is 1.84. The topological polar surface area (TPSA) is 66.5 Å². The molecule has 2 rings (SSSR count). The fraction of sp³-hybridized carbons (Fsp3) is 0.300. The number of rotatable bonds is 5. The van der Waals surface area contributed by atoms with Crippen molar-refractivity contribution in [3.05, 3.63) is 24.7 Å². The number of nitrogens with zero attached hydrogens (tertiary/aromatic N) is 3. The molecule has 5 nitrogen and oxygen atoms in total. The summed E-state index contributed by atoms with van der Waals surface area (Å²) in [6, 6.07) is 1.87. The van der Waals surface area contributed by atoms with E-state index in [4.69, 9.17) is 0 Å². The van der Waals surface area contributed by atoms with Crippen molar-refractivity contribution in [1.29, 1.82) is 0 Å². The van der Waals surface area contributed by atoms with Gasteiger partial charge in [-0.25, -0.2) is 15.0 Å². The van der Waals surface area contributed by atoms with Gasteiger partial charge in [-0.3, -0.25) is 0 Å². The van der Waals surface area contributed by atoms with Gasteiger partial charge in [0.1, 0.15) is 5.03 Å². The van der Waals surface area contributed by atoms with E-state index < -0.39 is 0 Å². The first-order valence-corrected chi connectivity index (χ1v) is 5.94. The van der Waals surface area contributed by atoms with E-state index in [1.807, 2.05) is 6.07 Å². The van der Waals surface area contributed by atoms with E-state index >= 15 is 0 Å². The quantitative estimate of drug-likeness (QED) is 0.777. The maximum atomic E-state index is 4.37. The van der Waals surface area contributed by atoms with Gasteiger partial charge in [0.15, 0.2) is 5.16 Å². The molecule has 0 spiro atoms. The number of aromatic amines is 1. The minimum absolute atomic E-state index is 0.665.